The molecule has 2 aromatic carbocycles. The van der Waals surface area contributed by atoms with Crippen LogP contribution < -0.4 is 4.74 Å². The number of carbonyl (C=O) groups excluding carboxylic acids is 1. The number of carbonyl (C=O) groups is 2. The molecule has 1 aliphatic rings. The summed E-state index contributed by atoms with van der Waals surface area (Å²) >= 11 is 1.25. The van der Waals surface area contributed by atoms with Crippen molar-refractivity contribution in [2.45, 2.75) is 0 Å². The van der Waals surface area contributed by atoms with E-state index in [0.717, 1.165) is 5.56 Å². The van der Waals surface area contributed by atoms with E-state index in [1.807, 2.05) is 0 Å². The van der Waals surface area contributed by atoms with Crippen LogP contribution in [0.15, 0.2) is 71.1 Å². The van der Waals surface area contributed by atoms with Gasteiger partial charge < -0.3 is 14.9 Å². The Morgan fingerprint density at radius 3 is 2.48 bits per heavy atom. The first-order valence-electron chi connectivity index (χ1n) is 8.61. The van der Waals surface area contributed by atoms with Crippen LogP contribution in [0.2, 0.25) is 0 Å². The number of carboxylic acids is 1. The number of amidine groups is 1. The fraction of sp³-hybridized carbons (Fsp3) is 0.0952. The third kappa shape index (κ3) is 5.26. The van der Waals surface area contributed by atoms with Crippen molar-refractivity contribution in [1.82, 2.24) is 4.90 Å². The SMILES string of the molecule is C=CCN1C(=O)/C(=C/c2ccc(OCC(=O)O)cc2)SC1=Nc1ccc(O)cc1. The minimum absolute atomic E-state index is 0.142. The Balaban J connectivity index is 1.82. The van der Waals surface area contributed by atoms with E-state index in [4.69, 9.17) is 9.84 Å². The van der Waals surface area contributed by atoms with Crippen LogP contribution >= 0.6 is 11.8 Å². The Kier molecular flexibility index (Phi) is 6.36. The van der Waals surface area contributed by atoms with Gasteiger partial charge in [-0.2, -0.15) is 0 Å². The molecule has 8 heteroatoms. The van der Waals surface area contributed by atoms with Crippen molar-refractivity contribution in [3.8, 4) is 11.5 Å². The topological polar surface area (TPSA) is 99.4 Å². The highest BCUT2D eigenvalue weighted by atomic mass is 32.2. The van der Waals surface area contributed by atoms with Gasteiger partial charge >= 0.3 is 5.97 Å². The number of thioether (sulfide) groups is 1. The zero-order valence-electron chi connectivity index (χ0n) is 15.3. The largest absolute Gasteiger partial charge is 0.508 e. The summed E-state index contributed by atoms with van der Waals surface area (Å²) in [5.41, 5.74) is 1.39. The van der Waals surface area contributed by atoms with Crippen molar-refractivity contribution < 1.29 is 24.5 Å². The number of phenols is 1. The highest BCUT2D eigenvalue weighted by molar-refractivity contribution is 8.18. The Hall–Kier alpha value is -3.52. The molecule has 0 radical (unpaired) electrons. The number of hydrogen-bond acceptors (Lipinski definition) is 6. The molecule has 7 nitrogen and oxygen atoms in total. The van der Waals surface area contributed by atoms with E-state index < -0.39 is 12.6 Å². The molecule has 1 aliphatic heterocycles. The number of benzene rings is 2. The smallest absolute Gasteiger partial charge is 0.341 e. The second kappa shape index (κ2) is 9.11. The van der Waals surface area contributed by atoms with E-state index in [9.17, 15) is 14.7 Å². The maximum absolute atomic E-state index is 12.8. The molecule has 0 saturated carbocycles. The molecule has 148 valence electrons. The number of carboxylic acid groups (broad SMARTS) is 1. The van der Waals surface area contributed by atoms with E-state index in [0.29, 0.717) is 28.1 Å². The van der Waals surface area contributed by atoms with Crippen LogP contribution in [0.25, 0.3) is 6.08 Å². The maximum atomic E-state index is 12.8. The summed E-state index contributed by atoms with van der Waals surface area (Å²) in [4.78, 5) is 29.9. The molecular weight excluding hydrogens is 392 g/mol. The van der Waals surface area contributed by atoms with Crippen LogP contribution in [0.1, 0.15) is 5.56 Å². The molecular formula is C21H18N2O5S. The second-order valence-corrected chi connectivity index (χ2v) is 6.99. The quantitative estimate of drug-likeness (QED) is 0.534. The zero-order chi connectivity index (χ0) is 20.8. The summed E-state index contributed by atoms with van der Waals surface area (Å²) in [6.07, 6.45) is 3.37. The van der Waals surface area contributed by atoms with Crippen molar-refractivity contribution in [1.29, 1.82) is 0 Å². The molecule has 2 aromatic rings. The van der Waals surface area contributed by atoms with Gasteiger partial charge in [-0.3, -0.25) is 9.69 Å². The molecule has 0 spiro atoms. The normalized spacial score (nSPS) is 16.4. The maximum Gasteiger partial charge on any atom is 0.341 e. The van der Waals surface area contributed by atoms with Crippen molar-refractivity contribution >= 4 is 40.6 Å². The molecule has 0 atom stereocenters. The van der Waals surface area contributed by atoms with Crippen LogP contribution in [0.4, 0.5) is 5.69 Å². The first kappa shape index (κ1) is 20.2. The molecule has 1 heterocycles. The van der Waals surface area contributed by atoms with Crippen LogP contribution in [-0.2, 0) is 9.59 Å². The summed E-state index contributed by atoms with van der Waals surface area (Å²) in [5.74, 6) is -0.656. The predicted molar refractivity (Wildman–Crippen MR) is 112 cm³/mol. The summed E-state index contributed by atoms with van der Waals surface area (Å²) in [7, 11) is 0. The first-order chi connectivity index (χ1) is 14.0. The average molecular weight is 410 g/mol. The molecule has 0 unspecified atom stereocenters. The summed E-state index contributed by atoms with van der Waals surface area (Å²) in [5, 5.41) is 18.6. The Labute approximate surface area is 171 Å². The number of ether oxygens (including phenoxy) is 1. The molecule has 1 amide bonds. The number of aromatic hydroxyl groups is 1. The van der Waals surface area contributed by atoms with Gasteiger partial charge in [0, 0.05) is 6.54 Å². The fourth-order valence-electron chi connectivity index (χ4n) is 2.48. The lowest BCUT2D eigenvalue weighted by Gasteiger charge is -2.12. The van der Waals surface area contributed by atoms with Gasteiger partial charge in [0.2, 0.25) is 0 Å². The van der Waals surface area contributed by atoms with Crippen LogP contribution in [0.5, 0.6) is 11.5 Å². The molecule has 29 heavy (non-hydrogen) atoms. The van der Waals surface area contributed by atoms with Gasteiger partial charge in [0.15, 0.2) is 11.8 Å². The number of rotatable bonds is 7. The number of aliphatic imine (C=N–C) groups is 1. The van der Waals surface area contributed by atoms with Crippen molar-refractivity contribution in [2.75, 3.05) is 13.2 Å². The predicted octanol–water partition coefficient (Wildman–Crippen LogP) is 3.65. The van der Waals surface area contributed by atoms with Crippen LogP contribution in [0.3, 0.4) is 0 Å². The van der Waals surface area contributed by atoms with Gasteiger partial charge in [0.25, 0.3) is 5.91 Å². The number of nitrogens with zero attached hydrogens (tertiary/aromatic N) is 2. The monoisotopic (exact) mass is 410 g/mol. The molecule has 1 fully saturated rings. The van der Waals surface area contributed by atoms with Gasteiger partial charge in [0.1, 0.15) is 11.5 Å². The van der Waals surface area contributed by atoms with E-state index >= 15 is 0 Å². The number of aliphatic carboxylic acids is 1. The third-order valence-corrected chi connectivity index (χ3v) is 4.82. The van der Waals surface area contributed by atoms with Gasteiger partial charge in [-0.05, 0) is 59.8 Å². The fourth-order valence-corrected chi connectivity index (χ4v) is 3.48. The zero-order valence-corrected chi connectivity index (χ0v) is 16.1. The summed E-state index contributed by atoms with van der Waals surface area (Å²) in [6.45, 7) is 3.60. The van der Waals surface area contributed by atoms with E-state index in [1.165, 1.54) is 28.8 Å². The number of phenolic OH excluding ortho intramolecular Hbond substituents is 1. The standard InChI is InChI=1S/C21H18N2O5S/c1-2-11-23-20(27)18(29-21(23)22-15-5-7-16(24)8-6-15)12-14-3-9-17(10-4-14)28-13-19(25)26/h2-10,12,24H,1,11,13H2,(H,25,26)/b18-12-,22-21?. The van der Waals surface area contributed by atoms with Gasteiger partial charge in [-0.25, -0.2) is 9.79 Å². The Bertz CT molecular complexity index is 981. The minimum Gasteiger partial charge on any atom is -0.508 e. The summed E-state index contributed by atoms with van der Waals surface area (Å²) in [6, 6.07) is 13.2. The lowest BCUT2D eigenvalue weighted by Crippen LogP contribution is -2.29. The third-order valence-electron chi connectivity index (χ3n) is 3.81. The molecule has 2 N–H and O–H groups in total. The Morgan fingerprint density at radius 2 is 1.86 bits per heavy atom. The first-order valence-corrected chi connectivity index (χ1v) is 9.42. The second-order valence-electron chi connectivity index (χ2n) is 5.98. The van der Waals surface area contributed by atoms with E-state index in [2.05, 4.69) is 11.6 Å². The van der Waals surface area contributed by atoms with Crippen molar-refractivity contribution in [3.63, 3.8) is 0 Å². The van der Waals surface area contributed by atoms with E-state index in [1.54, 1.807) is 48.6 Å². The lowest BCUT2D eigenvalue weighted by atomic mass is 10.2. The molecule has 3 rings (SSSR count). The van der Waals surface area contributed by atoms with Crippen LogP contribution in [0, 0.1) is 0 Å². The van der Waals surface area contributed by atoms with Crippen molar-refractivity contribution in [3.05, 3.63) is 71.7 Å². The molecule has 0 bridgehead atoms. The van der Waals surface area contributed by atoms with Gasteiger partial charge in [-0.1, -0.05) is 18.2 Å². The molecule has 0 aromatic heterocycles. The Morgan fingerprint density at radius 1 is 1.17 bits per heavy atom. The average Bonchev–Trinajstić information content (AvgIpc) is 2.98. The lowest BCUT2D eigenvalue weighted by molar-refractivity contribution is -0.139. The summed E-state index contributed by atoms with van der Waals surface area (Å²) < 4.78 is 5.11. The van der Waals surface area contributed by atoms with Crippen molar-refractivity contribution in [2.24, 2.45) is 4.99 Å². The highest BCUT2D eigenvalue weighted by Crippen LogP contribution is 2.34. The molecule has 0 aliphatic carbocycles. The number of amides is 1. The van der Waals surface area contributed by atoms with Gasteiger partial charge in [0.05, 0.1) is 10.6 Å². The molecule has 1 saturated heterocycles. The minimum atomic E-state index is -1.05. The van der Waals surface area contributed by atoms with Crippen LogP contribution in [-0.4, -0.2) is 45.3 Å². The van der Waals surface area contributed by atoms with E-state index in [-0.39, 0.29) is 11.7 Å². The number of hydrogen-bond donors (Lipinski definition) is 2. The highest BCUT2D eigenvalue weighted by Gasteiger charge is 2.32. The van der Waals surface area contributed by atoms with Gasteiger partial charge in [-0.15, -0.1) is 6.58 Å².